The second-order valence-electron chi connectivity index (χ2n) is 5.59. The van der Waals surface area contributed by atoms with Gasteiger partial charge in [0, 0.05) is 12.6 Å². The lowest BCUT2D eigenvalue weighted by molar-refractivity contribution is -0.148. The van der Waals surface area contributed by atoms with Gasteiger partial charge in [0.05, 0.1) is 18.5 Å². The van der Waals surface area contributed by atoms with E-state index in [1.165, 1.54) is 0 Å². The van der Waals surface area contributed by atoms with Crippen LogP contribution < -0.4 is 5.32 Å². The van der Waals surface area contributed by atoms with Crippen LogP contribution in [0, 0.1) is 5.92 Å². The molecule has 6 heteroatoms. The van der Waals surface area contributed by atoms with Crippen LogP contribution in [0.25, 0.3) is 0 Å². The molecule has 19 heavy (non-hydrogen) atoms. The number of nitrogens with one attached hydrogen (secondary N) is 1. The summed E-state index contributed by atoms with van der Waals surface area (Å²) in [5, 5.41) is 2.57. The van der Waals surface area contributed by atoms with Crippen LogP contribution in [-0.4, -0.2) is 53.8 Å². The summed E-state index contributed by atoms with van der Waals surface area (Å²) >= 11 is 4.36. The standard InChI is InChI=1S/C13H22N2O3S/c1-8(2)11(19)13(17)15-5-6-18-7-10(15)12(16)14-9-3-4-9/h8-11,19H,3-7H2,1-2H3,(H,14,16). The number of hydrogen-bond donors (Lipinski definition) is 2. The molecule has 0 aromatic rings. The largest absolute Gasteiger partial charge is 0.377 e. The summed E-state index contributed by atoms with van der Waals surface area (Å²) in [6, 6.07) is -0.210. The Morgan fingerprint density at radius 2 is 2.05 bits per heavy atom. The minimum Gasteiger partial charge on any atom is -0.377 e. The Bertz CT molecular complexity index is 358. The molecule has 1 aliphatic heterocycles. The van der Waals surface area contributed by atoms with Crippen molar-refractivity contribution in [3.8, 4) is 0 Å². The predicted molar refractivity (Wildman–Crippen MR) is 75.1 cm³/mol. The van der Waals surface area contributed by atoms with Crippen molar-refractivity contribution in [3.63, 3.8) is 0 Å². The molecule has 1 heterocycles. The number of nitrogens with zero attached hydrogens (tertiary/aromatic N) is 1. The molecule has 108 valence electrons. The normalized spacial score (nSPS) is 25.3. The van der Waals surface area contributed by atoms with Gasteiger partial charge in [-0.1, -0.05) is 13.8 Å². The second-order valence-corrected chi connectivity index (χ2v) is 6.15. The molecule has 1 N–H and O–H groups in total. The van der Waals surface area contributed by atoms with Crippen molar-refractivity contribution >= 4 is 24.4 Å². The molecule has 0 radical (unpaired) electrons. The van der Waals surface area contributed by atoms with E-state index in [1.54, 1.807) is 4.90 Å². The van der Waals surface area contributed by atoms with Gasteiger partial charge in [0.1, 0.15) is 6.04 Å². The van der Waals surface area contributed by atoms with E-state index in [0.29, 0.717) is 19.2 Å². The maximum absolute atomic E-state index is 12.4. The first-order valence-corrected chi connectivity index (χ1v) is 7.39. The lowest BCUT2D eigenvalue weighted by Gasteiger charge is -2.36. The van der Waals surface area contributed by atoms with E-state index in [-0.39, 0.29) is 29.6 Å². The zero-order valence-corrected chi connectivity index (χ0v) is 12.4. The van der Waals surface area contributed by atoms with Gasteiger partial charge in [-0.05, 0) is 18.8 Å². The number of ether oxygens (including phenoxy) is 1. The van der Waals surface area contributed by atoms with E-state index >= 15 is 0 Å². The monoisotopic (exact) mass is 286 g/mol. The van der Waals surface area contributed by atoms with Gasteiger partial charge in [-0.15, -0.1) is 0 Å². The van der Waals surface area contributed by atoms with Crippen molar-refractivity contribution in [1.82, 2.24) is 10.2 Å². The molecule has 0 bridgehead atoms. The average Bonchev–Trinajstić information content (AvgIpc) is 3.20. The van der Waals surface area contributed by atoms with Gasteiger partial charge in [0.25, 0.3) is 0 Å². The maximum Gasteiger partial charge on any atom is 0.245 e. The van der Waals surface area contributed by atoms with Crippen LogP contribution in [0.1, 0.15) is 26.7 Å². The SMILES string of the molecule is CC(C)C(S)C(=O)N1CCOCC1C(=O)NC1CC1. The third-order valence-corrected chi connectivity index (χ3v) is 4.34. The fourth-order valence-electron chi connectivity index (χ4n) is 2.06. The molecular formula is C13H22N2O3S. The van der Waals surface area contributed by atoms with E-state index in [9.17, 15) is 9.59 Å². The highest BCUT2D eigenvalue weighted by Crippen LogP contribution is 2.21. The smallest absolute Gasteiger partial charge is 0.245 e. The molecule has 1 saturated carbocycles. The van der Waals surface area contributed by atoms with Crippen molar-refractivity contribution in [2.75, 3.05) is 19.8 Å². The van der Waals surface area contributed by atoms with Gasteiger partial charge < -0.3 is 15.0 Å². The van der Waals surface area contributed by atoms with Crippen LogP contribution in [0.15, 0.2) is 0 Å². The molecule has 2 fully saturated rings. The summed E-state index contributed by atoms with van der Waals surface area (Å²) in [5.41, 5.74) is 0. The Balaban J connectivity index is 2.01. The molecule has 1 saturated heterocycles. The van der Waals surface area contributed by atoms with Gasteiger partial charge in [0.2, 0.25) is 11.8 Å². The summed E-state index contributed by atoms with van der Waals surface area (Å²) < 4.78 is 5.35. The highest BCUT2D eigenvalue weighted by Gasteiger charge is 2.37. The van der Waals surface area contributed by atoms with Crippen molar-refractivity contribution in [2.24, 2.45) is 5.92 Å². The summed E-state index contributed by atoms with van der Waals surface area (Å²) in [6.45, 7) is 5.14. The van der Waals surface area contributed by atoms with Gasteiger partial charge in [-0.3, -0.25) is 9.59 Å². The Labute approximate surface area is 119 Å². The minimum absolute atomic E-state index is 0.0717. The average molecular weight is 286 g/mol. The van der Waals surface area contributed by atoms with E-state index in [4.69, 9.17) is 4.74 Å². The molecule has 0 spiro atoms. The molecule has 5 nitrogen and oxygen atoms in total. The first kappa shape index (κ1) is 14.7. The predicted octanol–water partition coefficient (Wildman–Crippen LogP) is 0.447. The van der Waals surface area contributed by atoms with Crippen LogP contribution in [0.3, 0.4) is 0 Å². The van der Waals surface area contributed by atoms with Crippen LogP contribution >= 0.6 is 12.6 Å². The Morgan fingerprint density at radius 3 is 2.63 bits per heavy atom. The minimum atomic E-state index is -0.504. The molecule has 2 amide bonds. The fraction of sp³-hybridized carbons (Fsp3) is 0.846. The van der Waals surface area contributed by atoms with Crippen LogP contribution in [0.4, 0.5) is 0 Å². The summed E-state index contributed by atoms with van der Waals surface area (Å²) in [5.74, 6) is -0.0248. The van der Waals surface area contributed by atoms with Gasteiger partial charge in [0.15, 0.2) is 0 Å². The summed E-state index contributed by atoms with van der Waals surface area (Å²) in [6.07, 6.45) is 2.07. The number of carbonyl (C=O) groups excluding carboxylic acids is 2. The topological polar surface area (TPSA) is 58.6 Å². The van der Waals surface area contributed by atoms with Crippen LogP contribution in [0.5, 0.6) is 0 Å². The van der Waals surface area contributed by atoms with Gasteiger partial charge in [-0.25, -0.2) is 0 Å². The molecule has 0 aromatic carbocycles. The van der Waals surface area contributed by atoms with E-state index in [1.807, 2.05) is 13.8 Å². The third kappa shape index (κ3) is 3.63. The number of amides is 2. The molecule has 2 unspecified atom stereocenters. The number of carbonyl (C=O) groups is 2. The van der Waals surface area contributed by atoms with E-state index in [0.717, 1.165) is 12.8 Å². The summed E-state index contributed by atoms with van der Waals surface area (Å²) in [4.78, 5) is 26.1. The lowest BCUT2D eigenvalue weighted by Crippen LogP contribution is -2.58. The Morgan fingerprint density at radius 1 is 1.37 bits per heavy atom. The molecule has 2 aliphatic rings. The van der Waals surface area contributed by atoms with Crippen molar-refractivity contribution in [2.45, 2.75) is 44.0 Å². The number of rotatable bonds is 4. The Kier molecular flexibility index (Phi) is 4.73. The second kappa shape index (κ2) is 6.13. The van der Waals surface area contributed by atoms with Crippen molar-refractivity contribution in [3.05, 3.63) is 0 Å². The summed E-state index contributed by atoms with van der Waals surface area (Å²) in [7, 11) is 0. The van der Waals surface area contributed by atoms with Gasteiger partial charge in [-0.2, -0.15) is 12.6 Å². The van der Waals surface area contributed by atoms with E-state index < -0.39 is 6.04 Å². The zero-order valence-electron chi connectivity index (χ0n) is 11.5. The fourth-order valence-corrected chi connectivity index (χ4v) is 2.21. The van der Waals surface area contributed by atoms with Crippen molar-refractivity contribution < 1.29 is 14.3 Å². The highest BCUT2D eigenvalue weighted by atomic mass is 32.1. The zero-order chi connectivity index (χ0) is 14.0. The number of thiol groups is 1. The highest BCUT2D eigenvalue weighted by molar-refractivity contribution is 7.81. The quantitative estimate of drug-likeness (QED) is 0.738. The molecule has 2 atom stereocenters. The number of hydrogen-bond acceptors (Lipinski definition) is 4. The molecular weight excluding hydrogens is 264 g/mol. The van der Waals surface area contributed by atoms with Gasteiger partial charge >= 0.3 is 0 Å². The first-order chi connectivity index (χ1) is 9.00. The van der Waals surface area contributed by atoms with E-state index in [2.05, 4.69) is 17.9 Å². The first-order valence-electron chi connectivity index (χ1n) is 6.87. The maximum atomic E-state index is 12.4. The molecule has 0 aromatic heterocycles. The molecule has 1 aliphatic carbocycles. The van der Waals surface area contributed by atoms with Crippen molar-refractivity contribution in [1.29, 1.82) is 0 Å². The molecule has 2 rings (SSSR count). The Hall–Kier alpha value is -0.750. The number of morpholine rings is 1. The van der Waals surface area contributed by atoms with Crippen LogP contribution in [0.2, 0.25) is 0 Å². The third-order valence-electron chi connectivity index (χ3n) is 3.52. The van der Waals surface area contributed by atoms with Crippen LogP contribution in [-0.2, 0) is 14.3 Å². The lowest BCUT2D eigenvalue weighted by atomic mass is 10.1.